The van der Waals surface area contributed by atoms with Crippen LogP contribution in [0, 0.1) is 0 Å². The maximum atomic E-state index is 12.4. The Kier molecular flexibility index (Phi) is 4.07. The van der Waals surface area contributed by atoms with Crippen LogP contribution in [0.15, 0.2) is 30.6 Å². The highest BCUT2D eigenvalue weighted by molar-refractivity contribution is 6.00. The van der Waals surface area contributed by atoms with E-state index in [2.05, 4.69) is 10.4 Å². The van der Waals surface area contributed by atoms with E-state index in [4.69, 9.17) is 0 Å². The Morgan fingerprint density at radius 2 is 2.32 bits per heavy atom. The average molecular weight is 281 g/mol. The van der Waals surface area contributed by atoms with Crippen LogP contribution in [0.25, 0.3) is 5.52 Å². The maximum Gasteiger partial charge on any atom is 0.257 e. The van der Waals surface area contributed by atoms with Gasteiger partial charge in [-0.2, -0.15) is 5.10 Å². The van der Waals surface area contributed by atoms with Crippen LogP contribution in [0.1, 0.15) is 16.8 Å². The van der Waals surface area contributed by atoms with Gasteiger partial charge in [-0.25, -0.2) is 4.52 Å². The molecule has 1 N–H and O–H groups in total. The van der Waals surface area contributed by atoms with Crippen LogP contribution >= 0.6 is 12.4 Å². The summed E-state index contributed by atoms with van der Waals surface area (Å²) in [6, 6.07) is 6.16. The van der Waals surface area contributed by atoms with Crippen LogP contribution in [0.3, 0.4) is 0 Å². The summed E-state index contributed by atoms with van der Waals surface area (Å²) in [6.07, 6.45) is 4.53. The first kappa shape index (κ1) is 13.8. The van der Waals surface area contributed by atoms with Crippen LogP contribution in [-0.2, 0) is 0 Å². The second-order valence-electron chi connectivity index (χ2n) is 4.61. The molecule has 1 fully saturated rings. The minimum Gasteiger partial charge on any atom is -0.337 e. The van der Waals surface area contributed by atoms with Crippen LogP contribution in [0.4, 0.5) is 0 Å². The van der Waals surface area contributed by atoms with Crippen molar-refractivity contribution < 1.29 is 4.79 Å². The van der Waals surface area contributed by atoms with Crippen molar-refractivity contribution >= 4 is 23.8 Å². The smallest absolute Gasteiger partial charge is 0.257 e. The Balaban J connectivity index is 0.00000133. The highest BCUT2D eigenvalue weighted by Gasteiger charge is 2.27. The second-order valence-corrected chi connectivity index (χ2v) is 4.61. The van der Waals surface area contributed by atoms with Gasteiger partial charge in [0.15, 0.2) is 0 Å². The van der Waals surface area contributed by atoms with Crippen LogP contribution in [-0.4, -0.2) is 46.6 Å². The number of carbonyl (C=O) groups excluding carboxylic acids is 1. The topological polar surface area (TPSA) is 49.6 Å². The van der Waals surface area contributed by atoms with Gasteiger partial charge in [-0.15, -0.1) is 12.4 Å². The van der Waals surface area contributed by atoms with Gasteiger partial charge in [-0.1, -0.05) is 6.07 Å². The molecule has 19 heavy (non-hydrogen) atoms. The molecule has 1 aliphatic heterocycles. The highest BCUT2D eigenvalue weighted by Crippen LogP contribution is 2.17. The number of likely N-dealkylation sites (N-methyl/N-ethyl adjacent to an activating group) is 1. The quantitative estimate of drug-likeness (QED) is 0.899. The highest BCUT2D eigenvalue weighted by atomic mass is 35.5. The van der Waals surface area contributed by atoms with Crippen molar-refractivity contribution in [1.29, 1.82) is 0 Å². The van der Waals surface area contributed by atoms with Crippen molar-refractivity contribution in [1.82, 2.24) is 19.8 Å². The minimum absolute atomic E-state index is 0. The van der Waals surface area contributed by atoms with Gasteiger partial charge in [0, 0.05) is 25.3 Å². The molecule has 0 radical (unpaired) electrons. The number of pyridine rings is 1. The summed E-state index contributed by atoms with van der Waals surface area (Å²) in [5.74, 6) is 0.0777. The lowest BCUT2D eigenvalue weighted by Gasteiger charge is -2.15. The number of aromatic nitrogens is 2. The third kappa shape index (κ3) is 2.43. The molecule has 0 bridgehead atoms. The van der Waals surface area contributed by atoms with Gasteiger partial charge >= 0.3 is 0 Å². The molecule has 1 amide bonds. The van der Waals surface area contributed by atoms with E-state index in [0.717, 1.165) is 25.0 Å². The fourth-order valence-electron chi connectivity index (χ4n) is 2.45. The molecule has 0 aromatic carbocycles. The van der Waals surface area contributed by atoms with Crippen LogP contribution in [0.5, 0.6) is 0 Å². The molecule has 102 valence electrons. The van der Waals surface area contributed by atoms with Crippen molar-refractivity contribution in [2.75, 3.05) is 20.1 Å². The van der Waals surface area contributed by atoms with Crippen molar-refractivity contribution in [3.8, 4) is 0 Å². The lowest BCUT2D eigenvalue weighted by Crippen LogP contribution is -2.33. The monoisotopic (exact) mass is 280 g/mol. The third-order valence-electron chi connectivity index (χ3n) is 3.54. The van der Waals surface area contributed by atoms with Gasteiger partial charge in [-0.05, 0) is 25.6 Å². The molecule has 1 aliphatic rings. The first-order valence-corrected chi connectivity index (χ1v) is 6.18. The number of nitrogens with zero attached hydrogens (tertiary/aromatic N) is 3. The average Bonchev–Trinajstić information content (AvgIpc) is 3.04. The van der Waals surface area contributed by atoms with Gasteiger partial charge in [-0.3, -0.25) is 4.79 Å². The summed E-state index contributed by atoms with van der Waals surface area (Å²) in [5.41, 5.74) is 1.56. The van der Waals surface area contributed by atoms with Crippen LogP contribution in [0.2, 0.25) is 0 Å². The van der Waals surface area contributed by atoms with E-state index in [1.54, 1.807) is 10.7 Å². The van der Waals surface area contributed by atoms with E-state index in [1.807, 2.05) is 36.3 Å². The molecule has 2 aromatic heterocycles. The summed E-state index contributed by atoms with van der Waals surface area (Å²) < 4.78 is 1.73. The predicted molar refractivity (Wildman–Crippen MR) is 75.8 cm³/mol. The molecule has 3 heterocycles. The Morgan fingerprint density at radius 1 is 1.47 bits per heavy atom. The number of fused-ring (bicyclic) bond motifs is 1. The van der Waals surface area contributed by atoms with Gasteiger partial charge in [0.2, 0.25) is 0 Å². The van der Waals surface area contributed by atoms with Gasteiger partial charge < -0.3 is 10.2 Å². The van der Waals surface area contributed by atoms with Crippen LogP contribution < -0.4 is 5.32 Å². The van der Waals surface area contributed by atoms with Gasteiger partial charge in [0.1, 0.15) is 0 Å². The van der Waals surface area contributed by atoms with E-state index in [0.29, 0.717) is 11.6 Å². The summed E-state index contributed by atoms with van der Waals surface area (Å²) in [5, 5.41) is 7.42. The molecule has 1 unspecified atom stereocenters. The number of likely N-dealkylation sites (tertiary alicyclic amines) is 1. The minimum atomic E-state index is 0. The van der Waals surface area contributed by atoms with Crippen molar-refractivity contribution in [3.05, 3.63) is 36.2 Å². The number of halogens is 1. The molecule has 1 saturated heterocycles. The number of rotatable bonds is 2. The second kappa shape index (κ2) is 5.59. The lowest BCUT2D eigenvalue weighted by atomic mass is 10.2. The predicted octanol–water partition coefficient (Wildman–Crippen LogP) is 1.19. The Labute approximate surface area is 118 Å². The van der Waals surface area contributed by atoms with E-state index < -0.39 is 0 Å². The Morgan fingerprint density at radius 3 is 3.05 bits per heavy atom. The van der Waals surface area contributed by atoms with Crippen molar-refractivity contribution in [3.63, 3.8) is 0 Å². The zero-order chi connectivity index (χ0) is 12.5. The summed E-state index contributed by atoms with van der Waals surface area (Å²) >= 11 is 0. The normalized spacial score (nSPS) is 18.6. The third-order valence-corrected chi connectivity index (χ3v) is 3.54. The zero-order valence-electron chi connectivity index (χ0n) is 10.7. The number of amides is 1. The van der Waals surface area contributed by atoms with E-state index in [-0.39, 0.29) is 18.3 Å². The van der Waals surface area contributed by atoms with Crippen molar-refractivity contribution in [2.45, 2.75) is 12.5 Å². The number of carbonyl (C=O) groups is 1. The number of hydrogen-bond acceptors (Lipinski definition) is 3. The summed E-state index contributed by atoms with van der Waals surface area (Å²) in [4.78, 5) is 14.3. The van der Waals surface area contributed by atoms with E-state index in [9.17, 15) is 4.79 Å². The van der Waals surface area contributed by atoms with Gasteiger partial charge in [0.25, 0.3) is 5.91 Å². The van der Waals surface area contributed by atoms with Gasteiger partial charge in [0.05, 0.1) is 17.3 Å². The Hall–Kier alpha value is -1.59. The fourth-order valence-corrected chi connectivity index (χ4v) is 2.45. The standard InChI is InChI=1S/C13H16N4O.ClH/c1-14-10-5-7-16(9-10)13(18)11-8-15-17-6-3-2-4-12(11)17;/h2-4,6,8,10,14H,5,7,9H2,1H3;1H. The van der Waals surface area contributed by atoms with Crippen molar-refractivity contribution in [2.24, 2.45) is 0 Å². The molecule has 5 nitrogen and oxygen atoms in total. The lowest BCUT2D eigenvalue weighted by molar-refractivity contribution is 0.0791. The molecule has 2 aromatic rings. The van der Waals surface area contributed by atoms with E-state index in [1.165, 1.54) is 0 Å². The largest absolute Gasteiger partial charge is 0.337 e. The summed E-state index contributed by atoms with van der Waals surface area (Å²) in [6.45, 7) is 1.59. The maximum absolute atomic E-state index is 12.4. The molecule has 0 spiro atoms. The molecular formula is C13H17ClN4O. The first-order valence-electron chi connectivity index (χ1n) is 6.18. The number of nitrogens with one attached hydrogen (secondary N) is 1. The fraction of sp³-hybridized carbons (Fsp3) is 0.385. The molecule has 0 aliphatic carbocycles. The molecule has 3 rings (SSSR count). The SMILES string of the molecule is CNC1CCN(C(=O)c2cnn3ccccc23)C1.Cl. The molecular weight excluding hydrogens is 264 g/mol. The zero-order valence-corrected chi connectivity index (χ0v) is 11.6. The number of hydrogen-bond donors (Lipinski definition) is 1. The molecule has 6 heteroatoms. The summed E-state index contributed by atoms with van der Waals surface area (Å²) in [7, 11) is 1.94. The first-order chi connectivity index (χ1) is 8.79. The Bertz CT molecular complexity index is 583. The molecule has 1 atom stereocenters. The van der Waals surface area contributed by atoms with E-state index >= 15 is 0 Å². The molecule has 0 saturated carbocycles.